The Morgan fingerprint density at radius 2 is 1.75 bits per heavy atom. The molecule has 2 rings (SSSR count). The zero-order valence-corrected chi connectivity index (χ0v) is 13.0. The van der Waals surface area contributed by atoms with Gasteiger partial charge in [-0.15, -0.1) is 0 Å². The van der Waals surface area contributed by atoms with Gasteiger partial charge in [-0.1, -0.05) is 12.1 Å². The fourth-order valence-corrected chi connectivity index (χ4v) is 2.83. The number of piperazine rings is 1. The number of benzene rings is 1. The summed E-state index contributed by atoms with van der Waals surface area (Å²) in [5, 5.41) is 0. The minimum absolute atomic E-state index is 0.152. The average Bonchev–Trinajstić information content (AvgIpc) is 2.37. The molecule has 1 heterocycles. The van der Waals surface area contributed by atoms with Crippen molar-refractivity contribution >= 4 is 5.69 Å². The molecule has 1 atom stereocenters. The summed E-state index contributed by atoms with van der Waals surface area (Å²) in [5.74, 6) is -0.163. The molecule has 4 heteroatoms. The number of anilines is 1. The molecule has 2 N–H and O–H groups in total. The molecule has 1 aromatic rings. The molecule has 1 aliphatic rings. The summed E-state index contributed by atoms with van der Waals surface area (Å²) in [6.07, 6.45) is 0. The molecule has 1 fully saturated rings. The topological polar surface area (TPSA) is 32.5 Å². The van der Waals surface area contributed by atoms with Crippen LogP contribution in [0.5, 0.6) is 0 Å². The molecule has 0 aromatic heterocycles. The maximum Gasteiger partial charge on any atom is 0.146 e. The SMILES string of the molecule is C[C@@H](N)c1cccc(F)c1N1CCN(C(C)(C)C)CC1. The first-order valence-electron chi connectivity index (χ1n) is 7.34. The Bertz CT molecular complexity index is 457. The van der Waals surface area contributed by atoms with E-state index in [2.05, 4.69) is 30.6 Å². The molecule has 112 valence electrons. The molecule has 0 saturated carbocycles. The average molecular weight is 279 g/mol. The first kappa shape index (κ1) is 15.3. The Morgan fingerprint density at radius 1 is 1.15 bits per heavy atom. The lowest BCUT2D eigenvalue weighted by molar-refractivity contribution is 0.128. The molecule has 20 heavy (non-hydrogen) atoms. The van der Waals surface area contributed by atoms with Gasteiger partial charge in [-0.25, -0.2) is 4.39 Å². The van der Waals surface area contributed by atoms with Crippen LogP contribution in [0.2, 0.25) is 0 Å². The number of halogens is 1. The highest BCUT2D eigenvalue weighted by Crippen LogP contribution is 2.30. The maximum absolute atomic E-state index is 14.2. The normalized spacial score (nSPS) is 19.2. The summed E-state index contributed by atoms with van der Waals surface area (Å²) in [7, 11) is 0. The van der Waals surface area contributed by atoms with Crippen LogP contribution in [-0.4, -0.2) is 36.6 Å². The second kappa shape index (κ2) is 5.70. The molecule has 3 nitrogen and oxygen atoms in total. The number of hydrogen-bond acceptors (Lipinski definition) is 3. The molecule has 0 aliphatic carbocycles. The lowest BCUT2D eigenvalue weighted by Gasteiger charge is -2.43. The van der Waals surface area contributed by atoms with Crippen LogP contribution >= 0.6 is 0 Å². The van der Waals surface area contributed by atoms with E-state index < -0.39 is 0 Å². The zero-order chi connectivity index (χ0) is 14.9. The minimum Gasteiger partial charge on any atom is -0.366 e. The summed E-state index contributed by atoms with van der Waals surface area (Å²) in [5.41, 5.74) is 7.74. The standard InChI is InChI=1S/C16H26FN3/c1-12(18)13-6-5-7-14(17)15(13)19-8-10-20(11-9-19)16(2,3)4/h5-7,12H,8-11,18H2,1-4H3/t12-/m1/s1. The van der Waals surface area contributed by atoms with Crippen molar-refractivity contribution in [1.82, 2.24) is 4.90 Å². The third kappa shape index (κ3) is 3.13. The smallest absolute Gasteiger partial charge is 0.146 e. The van der Waals surface area contributed by atoms with Crippen LogP contribution in [0.15, 0.2) is 18.2 Å². The van der Waals surface area contributed by atoms with Gasteiger partial charge in [0.25, 0.3) is 0 Å². The van der Waals surface area contributed by atoms with Crippen molar-refractivity contribution in [3.8, 4) is 0 Å². The number of hydrogen-bond donors (Lipinski definition) is 1. The number of rotatable bonds is 2. The van der Waals surface area contributed by atoms with E-state index in [1.807, 2.05) is 13.0 Å². The van der Waals surface area contributed by atoms with Crippen molar-refractivity contribution in [2.75, 3.05) is 31.1 Å². The summed E-state index contributed by atoms with van der Waals surface area (Å²) in [6.45, 7) is 12.2. The second-order valence-electron chi connectivity index (χ2n) is 6.61. The quantitative estimate of drug-likeness (QED) is 0.903. The van der Waals surface area contributed by atoms with Gasteiger partial charge in [0.15, 0.2) is 0 Å². The van der Waals surface area contributed by atoms with Crippen LogP contribution in [0, 0.1) is 5.82 Å². The Labute approximate surface area is 121 Å². The Morgan fingerprint density at radius 3 is 2.25 bits per heavy atom. The predicted octanol–water partition coefficient (Wildman–Crippen LogP) is 2.77. The number of nitrogens with two attached hydrogens (primary N) is 1. The van der Waals surface area contributed by atoms with Crippen LogP contribution < -0.4 is 10.6 Å². The van der Waals surface area contributed by atoms with Gasteiger partial charge in [-0.3, -0.25) is 4.90 Å². The van der Waals surface area contributed by atoms with E-state index in [-0.39, 0.29) is 17.4 Å². The minimum atomic E-state index is -0.163. The number of nitrogens with zero attached hydrogens (tertiary/aromatic N) is 2. The van der Waals surface area contributed by atoms with Gasteiger partial charge in [0, 0.05) is 37.8 Å². The molecule has 1 saturated heterocycles. The van der Waals surface area contributed by atoms with Crippen LogP contribution in [0.3, 0.4) is 0 Å². The lowest BCUT2D eigenvalue weighted by atomic mass is 10.0. The van der Waals surface area contributed by atoms with Crippen molar-refractivity contribution in [2.24, 2.45) is 5.73 Å². The van der Waals surface area contributed by atoms with E-state index in [4.69, 9.17) is 5.73 Å². The molecule has 0 bridgehead atoms. The van der Waals surface area contributed by atoms with E-state index in [0.29, 0.717) is 5.69 Å². The van der Waals surface area contributed by atoms with Crippen molar-refractivity contribution in [1.29, 1.82) is 0 Å². The highest BCUT2D eigenvalue weighted by molar-refractivity contribution is 5.56. The van der Waals surface area contributed by atoms with E-state index in [1.165, 1.54) is 6.07 Å². The van der Waals surface area contributed by atoms with E-state index in [0.717, 1.165) is 31.7 Å². The Hall–Kier alpha value is -1.13. The largest absolute Gasteiger partial charge is 0.366 e. The van der Waals surface area contributed by atoms with E-state index in [1.54, 1.807) is 6.07 Å². The molecule has 0 spiro atoms. The third-order valence-electron chi connectivity index (χ3n) is 4.05. The molecule has 0 amide bonds. The zero-order valence-electron chi connectivity index (χ0n) is 13.0. The molecule has 0 radical (unpaired) electrons. The molecular weight excluding hydrogens is 253 g/mol. The second-order valence-corrected chi connectivity index (χ2v) is 6.61. The van der Waals surface area contributed by atoms with Crippen LogP contribution in [0.1, 0.15) is 39.3 Å². The summed E-state index contributed by atoms with van der Waals surface area (Å²) in [6, 6.07) is 5.04. The Kier molecular flexibility index (Phi) is 4.35. The highest BCUT2D eigenvalue weighted by Gasteiger charge is 2.28. The van der Waals surface area contributed by atoms with Gasteiger partial charge in [0.05, 0.1) is 5.69 Å². The third-order valence-corrected chi connectivity index (χ3v) is 4.05. The van der Waals surface area contributed by atoms with Gasteiger partial charge in [-0.05, 0) is 39.3 Å². The first-order valence-corrected chi connectivity index (χ1v) is 7.34. The van der Waals surface area contributed by atoms with Crippen molar-refractivity contribution < 1.29 is 4.39 Å². The van der Waals surface area contributed by atoms with Gasteiger partial charge in [0.1, 0.15) is 5.82 Å². The molecule has 1 aliphatic heterocycles. The summed E-state index contributed by atoms with van der Waals surface area (Å²) < 4.78 is 14.2. The van der Waals surface area contributed by atoms with Gasteiger partial charge in [-0.2, -0.15) is 0 Å². The number of para-hydroxylation sites is 1. The fraction of sp³-hybridized carbons (Fsp3) is 0.625. The monoisotopic (exact) mass is 279 g/mol. The van der Waals surface area contributed by atoms with E-state index in [9.17, 15) is 4.39 Å². The van der Waals surface area contributed by atoms with Gasteiger partial charge < -0.3 is 10.6 Å². The van der Waals surface area contributed by atoms with Crippen LogP contribution in [0.4, 0.5) is 10.1 Å². The fourth-order valence-electron chi connectivity index (χ4n) is 2.83. The summed E-state index contributed by atoms with van der Waals surface area (Å²) in [4.78, 5) is 4.58. The predicted molar refractivity (Wildman–Crippen MR) is 82.5 cm³/mol. The van der Waals surface area contributed by atoms with Crippen molar-refractivity contribution in [2.45, 2.75) is 39.3 Å². The van der Waals surface area contributed by atoms with Crippen LogP contribution in [0.25, 0.3) is 0 Å². The molecule has 0 unspecified atom stereocenters. The first-order chi connectivity index (χ1) is 9.30. The summed E-state index contributed by atoms with van der Waals surface area (Å²) >= 11 is 0. The molecule has 1 aromatic carbocycles. The Balaban J connectivity index is 2.19. The van der Waals surface area contributed by atoms with Crippen molar-refractivity contribution in [3.05, 3.63) is 29.6 Å². The van der Waals surface area contributed by atoms with E-state index >= 15 is 0 Å². The maximum atomic E-state index is 14.2. The van der Waals surface area contributed by atoms with Gasteiger partial charge in [0.2, 0.25) is 0 Å². The van der Waals surface area contributed by atoms with Crippen molar-refractivity contribution in [3.63, 3.8) is 0 Å². The van der Waals surface area contributed by atoms with Gasteiger partial charge >= 0.3 is 0 Å². The lowest BCUT2D eigenvalue weighted by Crippen LogP contribution is -2.53. The molecular formula is C16H26FN3. The van der Waals surface area contributed by atoms with Crippen LogP contribution in [-0.2, 0) is 0 Å². The highest BCUT2D eigenvalue weighted by atomic mass is 19.1.